The SMILES string of the molecule is COc1cccc(CN(C)[C@@H]2C[C@@H]3C[C@H]2[C@@H]2CCC[C@H]32)c1.Cl. The average molecular weight is 322 g/mol. The number of hydrogen-bond donors (Lipinski definition) is 0. The summed E-state index contributed by atoms with van der Waals surface area (Å²) in [7, 11) is 4.08. The molecule has 2 bridgehead atoms. The van der Waals surface area contributed by atoms with Crippen LogP contribution in [0.4, 0.5) is 0 Å². The van der Waals surface area contributed by atoms with E-state index in [0.717, 1.165) is 42.0 Å². The summed E-state index contributed by atoms with van der Waals surface area (Å²) in [6, 6.07) is 9.37. The van der Waals surface area contributed by atoms with E-state index in [-0.39, 0.29) is 12.4 Å². The fourth-order valence-electron chi connectivity index (χ4n) is 5.71. The quantitative estimate of drug-likeness (QED) is 0.816. The largest absolute Gasteiger partial charge is 0.497 e. The molecule has 0 N–H and O–H groups in total. The highest BCUT2D eigenvalue weighted by Gasteiger charge is 2.54. The second-order valence-corrected chi connectivity index (χ2v) is 7.49. The van der Waals surface area contributed by atoms with Gasteiger partial charge in [0.2, 0.25) is 0 Å². The molecule has 5 atom stereocenters. The van der Waals surface area contributed by atoms with Crippen LogP contribution in [0.25, 0.3) is 0 Å². The molecular formula is C19H28ClNO. The van der Waals surface area contributed by atoms with Gasteiger partial charge in [-0.05, 0) is 74.1 Å². The van der Waals surface area contributed by atoms with Crippen LogP contribution in [0.2, 0.25) is 0 Å². The smallest absolute Gasteiger partial charge is 0.119 e. The van der Waals surface area contributed by atoms with E-state index in [4.69, 9.17) is 4.74 Å². The fraction of sp³-hybridized carbons (Fsp3) is 0.684. The molecule has 122 valence electrons. The zero-order valence-corrected chi connectivity index (χ0v) is 14.5. The van der Waals surface area contributed by atoms with E-state index in [0.29, 0.717) is 0 Å². The first-order chi connectivity index (χ1) is 10.3. The second-order valence-electron chi connectivity index (χ2n) is 7.49. The normalized spacial score (nSPS) is 35.5. The summed E-state index contributed by atoms with van der Waals surface area (Å²) in [6.45, 7) is 1.06. The lowest BCUT2D eigenvalue weighted by molar-refractivity contribution is 0.111. The number of halogens is 1. The van der Waals surface area contributed by atoms with Crippen molar-refractivity contribution in [2.75, 3.05) is 14.2 Å². The molecule has 0 saturated heterocycles. The molecule has 0 spiro atoms. The molecular weight excluding hydrogens is 294 g/mol. The summed E-state index contributed by atoms with van der Waals surface area (Å²) < 4.78 is 5.35. The lowest BCUT2D eigenvalue weighted by Gasteiger charge is -2.37. The summed E-state index contributed by atoms with van der Waals surface area (Å²) in [5.41, 5.74) is 1.38. The van der Waals surface area contributed by atoms with Crippen molar-refractivity contribution in [3.05, 3.63) is 29.8 Å². The summed E-state index contributed by atoms with van der Waals surface area (Å²) in [6.07, 6.45) is 7.50. The van der Waals surface area contributed by atoms with E-state index < -0.39 is 0 Å². The van der Waals surface area contributed by atoms with Gasteiger partial charge in [0.25, 0.3) is 0 Å². The van der Waals surface area contributed by atoms with Gasteiger partial charge in [0.1, 0.15) is 5.75 Å². The molecule has 1 aromatic rings. The number of rotatable bonds is 4. The average Bonchev–Trinajstić information content (AvgIpc) is 3.19. The third-order valence-electron chi connectivity index (χ3n) is 6.53. The Labute approximate surface area is 140 Å². The molecule has 3 aliphatic carbocycles. The molecule has 3 fully saturated rings. The predicted molar refractivity (Wildman–Crippen MR) is 92.5 cm³/mol. The Bertz CT molecular complexity index is 520. The van der Waals surface area contributed by atoms with Crippen molar-refractivity contribution in [2.24, 2.45) is 23.7 Å². The maximum atomic E-state index is 5.35. The molecule has 0 heterocycles. The Balaban J connectivity index is 0.00000144. The van der Waals surface area contributed by atoms with Crippen LogP contribution >= 0.6 is 12.4 Å². The molecule has 0 aliphatic heterocycles. The van der Waals surface area contributed by atoms with Crippen LogP contribution in [0.3, 0.4) is 0 Å². The van der Waals surface area contributed by atoms with E-state index in [1.54, 1.807) is 7.11 Å². The van der Waals surface area contributed by atoms with Crippen molar-refractivity contribution in [2.45, 2.75) is 44.7 Å². The van der Waals surface area contributed by atoms with Gasteiger partial charge in [0, 0.05) is 12.6 Å². The minimum atomic E-state index is 0. The summed E-state index contributed by atoms with van der Waals surface area (Å²) >= 11 is 0. The monoisotopic (exact) mass is 321 g/mol. The molecule has 0 amide bonds. The Kier molecular flexibility index (Phi) is 4.70. The van der Waals surface area contributed by atoms with Gasteiger partial charge in [0.05, 0.1) is 7.11 Å². The van der Waals surface area contributed by atoms with Crippen LogP contribution in [0.5, 0.6) is 5.75 Å². The van der Waals surface area contributed by atoms with Gasteiger partial charge in [0.15, 0.2) is 0 Å². The van der Waals surface area contributed by atoms with Crippen molar-refractivity contribution >= 4 is 12.4 Å². The molecule has 0 radical (unpaired) electrons. The van der Waals surface area contributed by atoms with Crippen LogP contribution < -0.4 is 4.74 Å². The van der Waals surface area contributed by atoms with Crippen LogP contribution in [0.15, 0.2) is 24.3 Å². The van der Waals surface area contributed by atoms with Gasteiger partial charge in [-0.25, -0.2) is 0 Å². The first-order valence-electron chi connectivity index (χ1n) is 8.59. The minimum Gasteiger partial charge on any atom is -0.497 e. The molecule has 3 heteroatoms. The predicted octanol–water partition coefficient (Wildman–Crippen LogP) is 4.37. The Morgan fingerprint density at radius 1 is 1.14 bits per heavy atom. The highest BCUT2D eigenvalue weighted by atomic mass is 35.5. The number of ether oxygens (including phenoxy) is 1. The second kappa shape index (κ2) is 6.41. The van der Waals surface area contributed by atoms with Gasteiger partial charge in [-0.1, -0.05) is 18.6 Å². The van der Waals surface area contributed by atoms with Crippen LogP contribution in [0.1, 0.15) is 37.7 Å². The minimum absolute atomic E-state index is 0. The molecule has 3 saturated carbocycles. The molecule has 0 aromatic heterocycles. The summed E-state index contributed by atoms with van der Waals surface area (Å²) in [5, 5.41) is 0. The standard InChI is InChI=1S/C19H27NO.ClH/c1-20(12-13-5-3-6-15(9-13)21-2)19-11-14-10-18(19)17-8-4-7-16(14)17;/h3,5-6,9,14,16-19H,4,7-8,10-12H2,1-2H3;1H/t14-,16+,17+,18-,19+;/m0./s1. The van der Waals surface area contributed by atoms with E-state index in [1.807, 2.05) is 6.07 Å². The van der Waals surface area contributed by atoms with E-state index in [9.17, 15) is 0 Å². The van der Waals surface area contributed by atoms with Gasteiger partial charge in [-0.3, -0.25) is 4.90 Å². The molecule has 22 heavy (non-hydrogen) atoms. The zero-order valence-electron chi connectivity index (χ0n) is 13.7. The van der Waals surface area contributed by atoms with Gasteiger partial charge >= 0.3 is 0 Å². The maximum Gasteiger partial charge on any atom is 0.119 e. The lowest BCUT2D eigenvalue weighted by atomic mass is 9.78. The molecule has 2 nitrogen and oxygen atoms in total. The van der Waals surface area contributed by atoms with Crippen molar-refractivity contribution in [1.82, 2.24) is 4.90 Å². The highest BCUT2D eigenvalue weighted by Crippen LogP contribution is 2.59. The van der Waals surface area contributed by atoms with Crippen LogP contribution in [-0.2, 0) is 6.54 Å². The van der Waals surface area contributed by atoms with Crippen molar-refractivity contribution in [3.63, 3.8) is 0 Å². The molecule has 4 rings (SSSR count). The highest BCUT2D eigenvalue weighted by molar-refractivity contribution is 5.85. The molecule has 0 unspecified atom stereocenters. The lowest BCUT2D eigenvalue weighted by Crippen LogP contribution is -2.40. The van der Waals surface area contributed by atoms with Crippen LogP contribution in [-0.4, -0.2) is 25.1 Å². The Morgan fingerprint density at radius 2 is 1.95 bits per heavy atom. The number of nitrogens with zero attached hydrogens (tertiary/aromatic N) is 1. The van der Waals surface area contributed by atoms with E-state index >= 15 is 0 Å². The van der Waals surface area contributed by atoms with Gasteiger partial charge < -0.3 is 4.74 Å². The van der Waals surface area contributed by atoms with Crippen molar-refractivity contribution in [3.8, 4) is 5.75 Å². The number of benzene rings is 1. The third kappa shape index (κ3) is 2.65. The summed E-state index contributed by atoms with van der Waals surface area (Å²) in [5.74, 6) is 5.15. The summed E-state index contributed by atoms with van der Waals surface area (Å²) in [4.78, 5) is 2.62. The Hall–Kier alpha value is -0.730. The zero-order chi connectivity index (χ0) is 14.4. The van der Waals surface area contributed by atoms with E-state index in [2.05, 4.69) is 30.1 Å². The first-order valence-corrected chi connectivity index (χ1v) is 8.59. The molecule has 1 aromatic carbocycles. The fourth-order valence-corrected chi connectivity index (χ4v) is 5.71. The van der Waals surface area contributed by atoms with E-state index in [1.165, 1.54) is 37.7 Å². The number of hydrogen-bond acceptors (Lipinski definition) is 2. The van der Waals surface area contributed by atoms with Crippen LogP contribution in [0, 0.1) is 23.7 Å². The first kappa shape index (κ1) is 16.1. The number of methoxy groups -OCH3 is 1. The Morgan fingerprint density at radius 3 is 2.77 bits per heavy atom. The maximum absolute atomic E-state index is 5.35. The van der Waals surface area contributed by atoms with Crippen molar-refractivity contribution < 1.29 is 4.74 Å². The number of fused-ring (bicyclic) bond motifs is 5. The van der Waals surface area contributed by atoms with Crippen molar-refractivity contribution in [1.29, 1.82) is 0 Å². The molecule has 3 aliphatic rings. The van der Waals surface area contributed by atoms with Gasteiger partial charge in [-0.2, -0.15) is 0 Å². The third-order valence-corrected chi connectivity index (χ3v) is 6.53. The topological polar surface area (TPSA) is 12.5 Å². The van der Waals surface area contributed by atoms with Gasteiger partial charge in [-0.15, -0.1) is 12.4 Å².